The van der Waals surface area contributed by atoms with Crippen molar-refractivity contribution in [3.05, 3.63) is 0 Å². The first kappa shape index (κ1) is 24.9. The van der Waals surface area contributed by atoms with Crippen molar-refractivity contribution in [1.82, 2.24) is 25.3 Å². The summed E-state index contributed by atoms with van der Waals surface area (Å²) in [5.41, 5.74) is 0. The number of methoxy groups -OCH3 is 1. The van der Waals surface area contributed by atoms with E-state index in [1.165, 1.54) is 6.42 Å². The number of piperazine rings is 1. The van der Waals surface area contributed by atoms with Gasteiger partial charge in [0.05, 0.1) is 19.7 Å². The number of piperidine rings is 1. The number of guanidine groups is 1. The Morgan fingerprint density at radius 3 is 2.25 bits per heavy atom. The summed E-state index contributed by atoms with van der Waals surface area (Å²) in [5.74, 6) is 0.885. The first-order valence-corrected chi connectivity index (χ1v) is 9.85. The molecule has 2 rings (SSSR count). The molecule has 0 saturated carbocycles. The Kier molecular flexibility index (Phi) is 12.4. The highest BCUT2D eigenvalue weighted by Gasteiger charge is 2.24. The first-order valence-electron chi connectivity index (χ1n) is 9.85. The lowest BCUT2D eigenvalue weighted by molar-refractivity contribution is -0.133. The van der Waals surface area contributed by atoms with Gasteiger partial charge in [-0.3, -0.25) is 19.5 Å². The van der Waals surface area contributed by atoms with E-state index in [4.69, 9.17) is 4.74 Å². The standard InChI is InChI=1S/C18H34N6O3.HI/c1-19-18(21-14-16(25)20-6-13-27-2)24-11-9-22(10-12-24)15-17(26)23-7-4-3-5-8-23;/h3-15H2,1-2H3,(H,19,21)(H,20,25);1H. The van der Waals surface area contributed by atoms with Crippen LogP contribution in [0.3, 0.4) is 0 Å². The average Bonchev–Trinajstić information content (AvgIpc) is 2.70. The van der Waals surface area contributed by atoms with Crippen molar-refractivity contribution in [2.24, 2.45) is 4.99 Å². The van der Waals surface area contributed by atoms with Crippen LogP contribution in [-0.2, 0) is 14.3 Å². The van der Waals surface area contributed by atoms with Crippen LogP contribution in [0.4, 0.5) is 0 Å². The summed E-state index contributed by atoms with van der Waals surface area (Å²) in [5, 5.41) is 5.88. The van der Waals surface area contributed by atoms with Gasteiger partial charge in [-0.2, -0.15) is 0 Å². The summed E-state index contributed by atoms with van der Waals surface area (Å²) >= 11 is 0. The fourth-order valence-electron chi connectivity index (χ4n) is 3.40. The Hall–Kier alpha value is -1.14. The molecule has 28 heavy (non-hydrogen) atoms. The van der Waals surface area contributed by atoms with E-state index in [-0.39, 0.29) is 42.3 Å². The Balaban J connectivity index is 0.00000392. The number of ether oxygens (including phenoxy) is 1. The van der Waals surface area contributed by atoms with Crippen LogP contribution >= 0.6 is 24.0 Å². The van der Waals surface area contributed by atoms with Crippen molar-refractivity contribution in [2.45, 2.75) is 19.3 Å². The lowest BCUT2D eigenvalue weighted by atomic mass is 10.1. The van der Waals surface area contributed by atoms with Gasteiger partial charge in [0.1, 0.15) is 0 Å². The number of carbonyl (C=O) groups excluding carboxylic acids is 2. The normalized spacial score (nSPS) is 18.4. The minimum atomic E-state index is -0.0843. The second kappa shape index (κ2) is 13.9. The number of halogens is 1. The summed E-state index contributed by atoms with van der Waals surface area (Å²) in [6.45, 7) is 6.71. The van der Waals surface area contributed by atoms with Gasteiger partial charge < -0.3 is 25.2 Å². The summed E-state index contributed by atoms with van der Waals surface area (Å²) < 4.78 is 4.91. The molecule has 162 valence electrons. The monoisotopic (exact) mass is 510 g/mol. The molecule has 2 fully saturated rings. The molecule has 2 saturated heterocycles. The molecule has 0 aromatic heterocycles. The van der Waals surface area contributed by atoms with Crippen molar-refractivity contribution in [3.63, 3.8) is 0 Å². The van der Waals surface area contributed by atoms with Crippen molar-refractivity contribution < 1.29 is 14.3 Å². The third-order valence-corrected chi connectivity index (χ3v) is 4.99. The zero-order chi connectivity index (χ0) is 19.5. The van der Waals surface area contributed by atoms with Crippen LogP contribution in [0, 0.1) is 0 Å². The number of aliphatic imine (C=N–C) groups is 1. The topological polar surface area (TPSA) is 89.5 Å². The first-order chi connectivity index (χ1) is 13.1. The van der Waals surface area contributed by atoms with E-state index in [1.54, 1.807) is 14.2 Å². The van der Waals surface area contributed by atoms with Crippen LogP contribution in [-0.4, -0.2) is 112 Å². The quantitative estimate of drug-likeness (QED) is 0.209. The highest BCUT2D eigenvalue weighted by Crippen LogP contribution is 2.10. The molecule has 0 aromatic carbocycles. The lowest BCUT2D eigenvalue weighted by Gasteiger charge is -2.37. The zero-order valence-corrected chi connectivity index (χ0v) is 19.4. The summed E-state index contributed by atoms with van der Waals surface area (Å²) in [7, 11) is 3.32. The highest BCUT2D eigenvalue weighted by atomic mass is 127. The van der Waals surface area contributed by atoms with Gasteiger partial charge in [0.25, 0.3) is 0 Å². The van der Waals surface area contributed by atoms with Crippen LogP contribution in [0.5, 0.6) is 0 Å². The van der Waals surface area contributed by atoms with Gasteiger partial charge in [-0.05, 0) is 19.3 Å². The molecule has 0 spiro atoms. The largest absolute Gasteiger partial charge is 0.383 e. The molecule has 2 amide bonds. The van der Waals surface area contributed by atoms with Crippen molar-refractivity contribution in [1.29, 1.82) is 0 Å². The summed E-state index contributed by atoms with van der Waals surface area (Å²) in [4.78, 5) is 34.8. The van der Waals surface area contributed by atoms with E-state index in [1.807, 2.05) is 4.90 Å². The van der Waals surface area contributed by atoms with Crippen molar-refractivity contribution in [3.8, 4) is 0 Å². The van der Waals surface area contributed by atoms with Gasteiger partial charge in [-0.25, -0.2) is 0 Å². The fourth-order valence-corrected chi connectivity index (χ4v) is 3.40. The van der Waals surface area contributed by atoms with E-state index in [9.17, 15) is 9.59 Å². The van der Waals surface area contributed by atoms with Crippen LogP contribution in [0.2, 0.25) is 0 Å². The van der Waals surface area contributed by atoms with Crippen LogP contribution < -0.4 is 10.6 Å². The van der Waals surface area contributed by atoms with E-state index < -0.39 is 0 Å². The molecular weight excluding hydrogens is 475 g/mol. The van der Waals surface area contributed by atoms with Crippen LogP contribution in [0.25, 0.3) is 0 Å². The molecule has 2 N–H and O–H groups in total. The molecule has 9 nitrogen and oxygen atoms in total. The van der Waals surface area contributed by atoms with E-state index >= 15 is 0 Å². The number of amides is 2. The van der Waals surface area contributed by atoms with Gasteiger partial charge in [-0.1, -0.05) is 0 Å². The second-order valence-electron chi connectivity index (χ2n) is 6.95. The van der Waals surface area contributed by atoms with Crippen molar-refractivity contribution in [2.75, 3.05) is 79.7 Å². The van der Waals surface area contributed by atoms with Gasteiger partial charge >= 0.3 is 0 Å². The molecule has 2 aliphatic rings. The van der Waals surface area contributed by atoms with Crippen LogP contribution in [0.1, 0.15) is 19.3 Å². The average molecular weight is 510 g/mol. The number of hydrogen-bond acceptors (Lipinski definition) is 5. The smallest absolute Gasteiger partial charge is 0.239 e. The van der Waals surface area contributed by atoms with Gasteiger partial charge in [0.2, 0.25) is 11.8 Å². The molecule has 0 aromatic rings. The predicted molar refractivity (Wildman–Crippen MR) is 120 cm³/mol. The Bertz CT molecular complexity index is 506. The molecule has 10 heteroatoms. The van der Waals surface area contributed by atoms with Gasteiger partial charge in [-0.15, -0.1) is 24.0 Å². The lowest BCUT2D eigenvalue weighted by Crippen LogP contribution is -2.55. The minimum absolute atomic E-state index is 0. The zero-order valence-electron chi connectivity index (χ0n) is 17.1. The highest BCUT2D eigenvalue weighted by molar-refractivity contribution is 14.0. The molecule has 0 radical (unpaired) electrons. The molecule has 2 heterocycles. The Labute approximate surface area is 185 Å². The van der Waals surface area contributed by atoms with Crippen LogP contribution in [0.15, 0.2) is 4.99 Å². The van der Waals surface area contributed by atoms with Crippen molar-refractivity contribution >= 4 is 41.8 Å². The Morgan fingerprint density at radius 2 is 1.64 bits per heavy atom. The molecular formula is C18H35IN6O3. The maximum Gasteiger partial charge on any atom is 0.239 e. The molecule has 2 aliphatic heterocycles. The number of carbonyl (C=O) groups is 2. The molecule has 0 atom stereocenters. The van der Waals surface area contributed by atoms with E-state index in [2.05, 4.69) is 25.4 Å². The number of rotatable bonds is 7. The molecule has 0 unspecified atom stereocenters. The number of nitrogens with zero attached hydrogens (tertiary/aromatic N) is 4. The van der Waals surface area contributed by atoms with E-state index in [0.29, 0.717) is 19.7 Å². The molecule has 0 aliphatic carbocycles. The third-order valence-electron chi connectivity index (χ3n) is 4.99. The maximum atomic E-state index is 12.4. The summed E-state index contributed by atoms with van der Waals surface area (Å²) in [6.07, 6.45) is 3.49. The van der Waals surface area contributed by atoms with Gasteiger partial charge in [0, 0.05) is 60.0 Å². The third kappa shape index (κ3) is 8.48. The minimum Gasteiger partial charge on any atom is -0.383 e. The van der Waals surface area contributed by atoms with E-state index in [0.717, 1.165) is 58.1 Å². The number of nitrogens with one attached hydrogen (secondary N) is 2. The maximum absolute atomic E-state index is 12.4. The Morgan fingerprint density at radius 1 is 0.964 bits per heavy atom. The molecule has 0 bridgehead atoms. The SMILES string of the molecule is CN=C(NCC(=O)NCCOC)N1CCN(CC(=O)N2CCCCC2)CC1.I. The fraction of sp³-hybridized carbons (Fsp3) is 0.833. The van der Waals surface area contributed by atoms with Gasteiger partial charge in [0.15, 0.2) is 5.96 Å². The summed E-state index contributed by atoms with van der Waals surface area (Å²) in [6, 6.07) is 0. The predicted octanol–water partition coefficient (Wildman–Crippen LogP) is -0.427. The second-order valence-corrected chi connectivity index (χ2v) is 6.95. The number of likely N-dealkylation sites (tertiary alicyclic amines) is 1. The number of hydrogen-bond donors (Lipinski definition) is 2.